The minimum Gasteiger partial charge on any atom is -0.234 e. The average molecular weight is 448 g/mol. The SMILES string of the molecule is CCCCCCCCCCCCCn1cc[n+](CCCCCCC)c1CCCCCCC. The van der Waals surface area contributed by atoms with Crippen LogP contribution in [0.1, 0.15) is 161 Å². The van der Waals surface area contributed by atoms with Gasteiger partial charge in [-0.1, -0.05) is 124 Å². The molecule has 0 unspecified atom stereocenters. The predicted octanol–water partition coefficient (Wildman–Crippen LogP) is 9.57. The molecule has 0 bridgehead atoms. The molecule has 0 N–H and O–H groups in total. The van der Waals surface area contributed by atoms with Crippen LogP contribution in [0.2, 0.25) is 0 Å². The Balaban J connectivity index is 2.30. The lowest BCUT2D eigenvalue weighted by atomic mass is 10.1. The van der Waals surface area contributed by atoms with Crippen LogP contribution < -0.4 is 4.57 Å². The number of hydrogen-bond acceptors (Lipinski definition) is 0. The zero-order valence-corrected chi connectivity index (χ0v) is 22.5. The lowest BCUT2D eigenvalue weighted by Crippen LogP contribution is -2.37. The van der Waals surface area contributed by atoms with Crippen molar-refractivity contribution >= 4 is 0 Å². The Labute approximate surface area is 202 Å². The van der Waals surface area contributed by atoms with Crippen molar-refractivity contribution in [2.75, 3.05) is 0 Å². The topological polar surface area (TPSA) is 8.81 Å². The van der Waals surface area contributed by atoms with Crippen LogP contribution in [0.4, 0.5) is 0 Å². The minimum absolute atomic E-state index is 1.22. The average Bonchev–Trinajstić information content (AvgIpc) is 3.18. The zero-order valence-electron chi connectivity index (χ0n) is 22.5. The van der Waals surface area contributed by atoms with Crippen molar-refractivity contribution in [2.45, 2.75) is 175 Å². The van der Waals surface area contributed by atoms with Gasteiger partial charge in [0.25, 0.3) is 5.82 Å². The van der Waals surface area contributed by atoms with Crippen molar-refractivity contribution in [3.8, 4) is 0 Å². The van der Waals surface area contributed by atoms with Crippen LogP contribution in [0.15, 0.2) is 12.4 Å². The van der Waals surface area contributed by atoms with Crippen LogP contribution in [-0.2, 0) is 19.5 Å². The highest BCUT2D eigenvalue weighted by Crippen LogP contribution is 2.13. The highest BCUT2D eigenvalue weighted by atomic mass is 15.1. The van der Waals surface area contributed by atoms with Crippen molar-refractivity contribution < 1.29 is 4.57 Å². The Morgan fingerprint density at radius 2 is 0.969 bits per heavy atom. The molecule has 32 heavy (non-hydrogen) atoms. The van der Waals surface area contributed by atoms with E-state index in [1.165, 1.54) is 154 Å². The summed E-state index contributed by atoms with van der Waals surface area (Å²) < 4.78 is 5.18. The van der Waals surface area contributed by atoms with E-state index < -0.39 is 0 Å². The van der Waals surface area contributed by atoms with Gasteiger partial charge >= 0.3 is 0 Å². The van der Waals surface area contributed by atoms with E-state index in [-0.39, 0.29) is 0 Å². The molecule has 1 aromatic rings. The van der Waals surface area contributed by atoms with Crippen LogP contribution >= 0.6 is 0 Å². The first-order chi connectivity index (χ1) is 15.8. The first-order valence-electron chi connectivity index (χ1n) is 14.9. The van der Waals surface area contributed by atoms with E-state index in [2.05, 4.69) is 42.3 Å². The van der Waals surface area contributed by atoms with Crippen molar-refractivity contribution in [2.24, 2.45) is 0 Å². The molecular weight excluding hydrogens is 388 g/mol. The van der Waals surface area contributed by atoms with Gasteiger partial charge in [-0.3, -0.25) is 0 Å². The maximum atomic E-state index is 2.60. The summed E-state index contributed by atoms with van der Waals surface area (Å²) in [6, 6.07) is 0. The number of rotatable bonds is 24. The number of nitrogens with zero attached hydrogens (tertiary/aromatic N) is 2. The van der Waals surface area contributed by atoms with E-state index in [0.717, 1.165) is 0 Å². The number of unbranched alkanes of at least 4 members (excludes halogenated alkanes) is 18. The van der Waals surface area contributed by atoms with Crippen LogP contribution in [-0.4, -0.2) is 4.57 Å². The smallest absolute Gasteiger partial charge is 0.234 e. The van der Waals surface area contributed by atoms with Crippen molar-refractivity contribution in [1.29, 1.82) is 0 Å². The molecular formula is C30H59N2+. The highest BCUT2D eigenvalue weighted by molar-refractivity contribution is 4.84. The number of aromatic nitrogens is 2. The molecule has 0 atom stereocenters. The fourth-order valence-electron chi connectivity index (χ4n) is 4.91. The van der Waals surface area contributed by atoms with Gasteiger partial charge in [0.2, 0.25) is 0 Å². The highest BCUT2D eigenvalue weighted by Gasteiger charge is 2.16. The van der Waals surface area contributed by atoms with Crippen LogP contribution in [0, 0.1) is 0 Å². The van der Waals surface area contributed by atoms with Crippen molar-refractivity contribution in [1.82, 2.24) is 4.57 Å². The molecule has 0 fully saturated rings. The van der Waals surface area contributed by atoms with E-state index in [1.54, 1.807) is 5.82 Å². The van der Waals surface area contributed by atoms with Crippen LogP contribution in [0.25, 0.3) is 0 Å². The molecule has 0 aliphatic rings. The Kier molecular flexibility index (Phi) is 20.1. The van der Waals surface area contributed by atoms with E-state index in [9.17, 15) is 0 Å². The monoisotopic (exact) mass is 447 g/mol. The van der Waals surface area contributed by atoms with Gasteiger partial charge in [-0.25, -0.2) is 9.13 Å². The lowest BCUT2D eigenvalue weighted by molar-refractivity contribution is -0.704. The third-order valence-corrected chi connectivity index (χ3v) is 7.10. The maximum Gasteiger partial charge on any atom is 0.256 e. The number of imidazole rings is 1. The van der Waals surface area contributed by atoms with Crippen molar-refractivity contribution in [3.05, 3.63) is 18.2 Å². The van der Waals surface area contributed by atoms with E-state index >= 15 is 0 Å². The molecule has 1 heterocycles. The Bertz CT molecular complexity index is 505. The van der Waals surface area contributed by atoms with Crippen LogP contribution in [0.3, 0.4) is 0 Å². The molecule has 0 amide bonds. The van der Waals surface area contributed by atoms with E-state index in [4.69, 9.17) is 0 Å². The Hall–Kier alpha value is -0.790. The second-order valence-corrected chi connectivity index (χ2v) is 10.2. The largest absolute Gasteiger partial charge is 0.256 e. The second kappa shape index (κ2) is 22.0. The normalized spacial score (nSPS) is 11.5. The molecule has 0 spiro atoms. The first kappa shape index (κ1) is 29.2. The van der Waals surface area contributed by atoms with Gasteiger partial charge in [-0.05, 0) is 32.1 Å². The summed E-state index contributed by atoms with van der Waals surface area (Å²) >= 11 is 0. The lowest BCUT2D eigenvalue weighted by Gasteiger charge is -2.07. The Morgan fingerprint density at radius 3 is 1.50 bits per heavy atom. The van der Waals surface area contributed by atoms with Crippen molar-refractivity contribution in [3.63, 3.8) is 0 Å². The standard InChI is InChI=1S/C30H59N2/c1-4-7-10-13-14-15-16-17-18-21-24-27-32-29-28-31(26-23-20-12-9-6-3)30(32)25-22-19-11-8-5-2/h28-29H,4-27H2,1-3H3/q+1. The number of aryl methyl sites for hydroxylation is 2. The molecule has 0 radical (unpaired) electrons. The molecule has 0 aromatic carbocycles. The van der Waals surface area contributed by atoms with E-state index in [1.807, 2.05) is 0 Å². The predicted molar refractivity (Wildman–Crippen MR) is 142 cm³/mol. The molecule has 0 saturated carbocycles. The fraction of sp³-hybridized carbons (Fsp3) is 0.900. The van der Waals surface area contributed by atoms with Gasteiger partial charge in [0.1, 0.15) is 12.4 Å². The first-order valence-corrected chi connectivity index (χ1v) is 14.9. The van der Waals surface area contributed by atoms with Gasteiger partial charge in [-0.15, -0.1) is 0 Å². The molecule has 1 aromatic heterocycles. The third-order valence-electron chi connectivity index (χ3n) is 7.10. The summed E-state index contributed by atoms with van der Waals surface area (Å²) in [6.07, 6.45) is 35.5. The fourth-order valence-corrected chi connectivity index (χ4v) is 4.91. The summed E-state index contributed by atoms with van der Waals surface area (Å²) in [4.78, 5) is 0. The summed E-state index contributed by atoms with van der Waals surface area (Å²) in [5.74, 6) is 1.60. The molecule has 0 saturated heterocycles. The number of hydrogen-bond donors (Lipinski definition) is 0. The summed E-state index contributed by atoms with van der Waals surface area (Å²) in [5.41, 5.74) is 0. The van der Waals surface area contributed by atoms with Gasteiger partial charge in [0.05, 0.1) is 13.1 Å². The van der Waals surface area contributed by atoms with Gasteiger partial charge in [0.15, 0.2) is 0 Å². The van der Waals surface area contributed by atoms with Crippen LogP contribution in [0.5, 0.6) is 0 Å². The molecule has 188 valence electrons. The van der Waals surface area contributed by atoms with Gasteiger partial charge in [0, 0.05) is 6.42 Å². The molecule has 2 heteroatoms. The summed E-state index contributed by atoms with van der Waals surface area (Å²) in [5, 5.41) is 0. The molecule has 1 rings (SSSR count). The molecule has 2 nitrogen and oxygen atoms in total. The van der Waals surface area contributed by atoms with E-state index in [0.29, 0.717) is 0 Å². The summed E-state index contributed by atoms with van der Waals surface area (Å²) in [6.45, 7) is 9.37. The summed E-state index contributed by atoms with van der Waals surface area (Å²) in [7, 11) is 0. The minimum atomic E-state index is 1.22. The molecule has 0 aliphatic carbocycles. The second-order valence-electron chi connectivity index (χ2n) is 10.2. The molecule has 0 aliphatic heterocycles. The maximum absolute atomic E-state index is 2.60. The quantitative estimate of drug-likeness (QED) is 0.110. The van der Waals surface area contributed by atoms with Gasteiger partial charge < -0.3 is 0 Å². The van der Waals surface area contributed by atoms with Gasteiger partial charge in [-0.2, -0.15) is 0 Å². The zero-order chi connectivity index (χ0) is 23.1. The Morgan fingerprint density at radius 1 is 0.531 bits per heavy atom. The third kappa shape index (κ3) is 15.1.